The molecule has 7 aromatic carbocycles. The van der Waals surface area contributed by atoms with E-state index in [0.717, 1.165) is 32.9 Å². The van der Waals surface area contributed by atoms with E-state index in [2.05, 4.69) is 55.9 Å². The monoisotopic (exact) mass is 831 g/mol. The maximum atomic E-state index is 9.28. The summed E-state index contributed by atoms with van der Waals surface area (Å²) in [6.07, 6.45) is 6.57. The van der Waals surface area contributed by atoms with E-state index in [4.69, 9.17) is 23.4 Å². The maximum absolute atomic E-state index is 9.28. The first kappa shape index (κ1) is 29.1. The van der Waals surface area contributed by atoms with Gasteiger partial charge in [0.2, 0.25) is 0 Å². The molecule has 0 saturated carbocycles. The average molecular weight is 832 g/mol. The first-order chi connectivity index (χ1) is 35.2. The van der Waals surface area contributed by atoms with E-state index in [-0.39, 0.29) is 33.4 Å². The van der Waals surface area contributed by atoms with Gasteiger partial charge in [0.15, 0.2) is 0 Å². The molecule has 63 heavy (non-hydrogen) atoms. The molecule has 0 unspecified atom stereocenters. The van der Waals surface area contributed by atoms with E-state index < -0.39 is 66.3 Å². The molecule has 0 spiro atoms. The van der Waals surface area contributed by atoms with Gasteiger partial charge in [-0.1, -0.05) is 144 Å². The zero-order valence-electron chi connectivity index (χ0n) is 47.1. The lowest BCUT2D eigenvalue weighted by atomic mass is 9.86. The highest BCUT2D eigenvalue weighted by Gasteiger charge is 2.23. The summed E-state index contributed by atoms with van der Waals surface area (Å²) in [5, 5.41) is 2.08. The molecule has 0 aliphatic heterocycles. The largest absolute Gasteiger partial charge is 0.458 e. The smallest absolute Gasteiger partial charge is 0.269 e. The maximum Gasteiger partial charge on any atom is 0.269 e. The molecule has 0 bridgehead atoms. The van der Waals surface area contributed by atoms with Gasteiger partial charge in [-0.2, -0.15) is 0 Å². The van der Waals surface area contributed by atoms with Gasteiger partial charge in [0.1, 0.15) is 17.3 Å². The van der Waals surface area contributed by atoms with Crippen LogP contribution in [-0.2, 0) is 5.41 Å². The molecule has 0 aliphatic rings. The molecule has 0 atom stereocenters. The van der Waals surface area contributed by atoms with Crippen LogP contribution in [0.5, 0.6) is 11.5 Å². The molecule has 3 heterocycles. The van der Waals surface area contributed by atoms with E-state index in [9.17, 15) is 1.37 Å². The summed E-state index contributed by atoms with van der Waals surface area (Å²) < 4.78 is 109. The molecule has 3 aromatic heterocycles. The number of ether oxygens (including phenoxy) is 1. The Balaban J connectivity index is 1.16. The zero-order valence-corrected chi connectivity index (χ0v) is 36.1. The van der Waals surface area contributed by atoms with E-state index >= 15 is 0 Å². The standard InChI is InChI=1S/C58H52N4O/c1-7-40(8-2)43-32-33-59-55(34-43)62-52-31-28-44(58(4,5)6)35-51(52)50-30-29-47(37-54(50)62)63-46-24-16-23-45(36-46)60-38-61(56-39(3)18-15-27-53(56)60)57-48(41-19-11-9-12-20-41)25-17-26-49(57)42-21-13-10-14-22-42/h9-37,40H,7-8H2,1-6H3/i9D,10D,11D,12D,13D,14D,19D,20D,21D,22D,40D. The summed E-state index contributed by atoms with van der Waals surface area (Å²) in [5.74, 6) is 0.991. The number of imidazole rings is 1. The van der Waals surface area contributed by atoms with Gasteiger partial charge in [0.25, 0.3) is 6.33 Å². The minimum Gasteiger partial charge on any atom is -0.458 e. The lowest BCUT2D eigenvalue weighted by Crippen LogP contribution is -2.32. The van der Waals surface area contributed by atoms with Gasteiger partial charge in [0, 0.05) is 24.4 Å². The molecule has 10 aromatic rings. The van der Waals surface area contributed by atoms with Crippen molar-refractivity contribution in [1.82, 2.24) is 14.1 Å². The van der Waals surface area contributed by atoms with E-state index in [1.165, 1.54) is 5.56 Å². The fourth-order valence-corrected chi connectivity index (χ4v) is 8.65. The normalized spacial score (nSPS) is 14.5. The summed E-state index contributed by atoms with van der Waals surface area (Å²) in [5.41, 5.74) is 6.72. The third kappa shape index (κ3) is 7.27. The van der Waals surface area contributed by atoms with Crippen LogP contribution in [0.1, 0.15) is 85.1 Å². The van der Waals surface area contributed by atoms with Crippen molar-refractivity contribution >= 4 is 32.8 Å². The zero-order chi connectivity index (χ0) is 52.9. The van der Waals surface area contributed by atoms with Crippen LogP contribution in [0.4, 0.5) is 0 Å². The molecular formula is C58H52N4O. The fourth-order valence-electron chi connectivity index (χ4n) is 8.65. The van der Waals surface area contributed by atoms with Crippen LogP contribution >= 0.6 is 0 Å². The molecule has 310 valence electrons. The van der Waals surface area contributed by atoms with Gasteiger partial charge in [-0.25, -0.2) is 4.98 Å². The number of hydrogen-bond donors (Lipinski definition) is 0. The highest BCUT2D eigenvalue weighted by Crippen LogP contribution is 2.39. The molecule has 0 N–H and O–H groups in total. The van der Waals surface area contributed by atoms with Crippen LogP contribution in [-0.4, -0.2) is 14.1 Å². The van der Waals surface area contributed by atoms with Crippen LogP contribution in [0.15, 0.2) is 176 Å². The van der Waals surface area contributed by atoms with Crippen LogP contribution in [0.3, 0.4) is 0 Å². The van der Waals surface area contributed by atoms with E-state index in [1.54, 1.807) is 29.0 Å². The van der Waals surface area contributed by atoms with Crippen molar-refractivity contribution in [3.05, 3.63) is 199 Å². The number of pyridine rings is 1. The molecule has 5 nitrogen and oxygen atoms in total. The lowest BCUT2D eigenvalue weighted by molar-refractivity contribution is -0.571. The quantitative estimate of drug-likeness (QED) is 0.102. The summed E-state index contributed by atoms with van der Waals surface area (Å²) in [6.45, 7) is 12.6. The van der Waals surface area contributed by atoms with Crippen molar-refractivity contribution < 1.29 is 24.4 Å². The predicted molar refractivity (Wildman–Crippen MR) is 260 cm³/mol. The van der Waals surface area contributed by atoms with Gasteiger partial charge in [-0.05, 0) is 125 Å². The first-order valence-corrected chi connectivity index (χ1v) is 21.3. The molecule has 0 saturated heterocycles. The third-order valence-electron chi connectivity index (χ3n) is 11.8. The Bertz CT molecular complexity index is 3800. The summed E-state index contributed by atoms with van der Waals surface area (Å²) >= 11 is 0. The molecule has 0 aliphatic carbocycles. The fraction of sp³-hybridized carbons (Fsp3) is 0.172. The number of nitrogens with zero attached hydrogens (tertiary/aromatic N) is 4. The Kier molecular flexibility index (Phi) is 7.50. The van der Waals surface area contributed by atoms with Gasteiger partial charge in [-0.3, -0.25) is 13.7 Å². The number of rotatable bonds is 10. The lowest BCUT2D eigenvalue weighted by Gasteiger charge is -2.19. The second-order valence-corrected chi connectivity index (χ2v) is 16.7. The Hall–Kier alpha value is -7.24. The summed E-state index contributed by atoms with van der Waals surface area (Å²) in [4.78, 5) is 4.88. The number of aromatic nitrogens is 4. The van der Waals surface area contributed by atoms with Gasteiger partial charge in [0.05, 0.1) is 47.1 Å². The predicted octanol–water partition coefficient (Wildman–Crippen LogP) is 14.8. The number of para-hydroxylation sites is 2. The molecule has 0 radical (unpaired) electrons. The second-order valence-electron chi connectivity index (χ2n) is 16.7. The summed E-state index contributed by atoms with van der Waals surface area (Å²) in [6, 6.07) is 29.2. The van der Waals surface area contributed by atoms with Crippen molar-refractivity contribution in [1.29, 1.82) is 0 Å². The third-order valence-corrected chi connectivity index (χ3v) is 11.8. The first-order valence-electron chi connectivity index (χ1n) is 26.8. The average Bonchev–Trinajstić information content (AvgIpc) is 3.95. The SMILES string of the molecule is [2H]c1c([2H])c([2H])c(-c2cccc(-c3c([2H])c([2H])c([2H])c([2H])c3[2H])c2-[n+]2[c-]n(-c3cccc(Oc4ccc5c6cc(C(C)(C)C)ccc6n(-c6cc(C([2H])(CC)CC)ccn6)c5c4)c3)c3cccc(C)c32)c([2H])c1[2H]. The minimum atomic E-state index is -0.768. The van der Waals surface area contributed by atoms with Gasteiger partial charge in [-0.15, -0.1) is 0 Å². The topological polar surface area (TPSA) is 35.9 Å². The Labute approximate surface area is 386 Å². The number of benzene rings is 7. The van der Waals surface area contributed by atoms with Gasteiger partial charge < -0.3 is 4.74 Å². The van der Waals surface area contributed by atoms with Crippen molar-refractivity contribution in [2.75, 3.05) is 0 Å². The highest BCUT2D eigenvalue weighted by atomic mass is 16.5. The Morgan fingerprint density at radius 1 is 0.698 bits per heavy atom. The Morgan fingerprint density at radius 3 is 2.08 bits per heavy atom. The molecule has 5 heteroatoms. The summed E-state index contributed by atoms with van der Waals surface area (Å²) in [7, 11) is 0. The van der Waals surface area contributed by atoms with Crippen molar-refractivity contribution in [2.24, 2.45) is 0 Å². The van der Waals surface area contributed by atoms with Crippen LogP contribution in [0, 0.1) is 13.3 Å². The second kappa shape index (κ2) is 16.2. The molecule has 0 amide bonds. The molecular weight excluding hydrogens is 769 g/mol. The molecule has 10 rings (SSSR count). The number of fused-ring (bicyclic) bond motifs is 4. The van der Waals surface area contributed by atoms with E-state index in [0.29, 0.717) is 46.9 Å². The van der Waals surface area contributed by atoms with Crippen molar-refractivity contribution in [2.45, 2.75) is 65.7 Å². The van der Waals surface area contributed by atoms with E-state index in [1.807, 2.05) is 92.1 Å². The van der Waals surface area contributed by atoms with Crippen LogP contribution < -0.4 is 9.30 Å². The minimum absolute atomic E-state index is 0.0945. The number of aryl methyl sites for hydroxylation is 1. The van der Waals surface area contributed by atoms with Crippen molar-refractivity contribution in [3.8, 4) is 50.9 Å². The van der Waals surface area contributed by atoms with Gasteiger partial charge >= 0.3 is 0 Å². The highest BCUT2D eigenvalue weighted by molar-refractivity contribution is 6.09. The Morgan fingerprint density at radius 2 is 1.38 bits per heavy atom. The number of hydrogen-bond acceptors (Lipinski definition) is 2. The van der Waals surface area contributed by atoms with Crippen LogP contribution in [0.25, 0.3) is 72.3 Å². The molecule has 0 fully saturated rings. The van der Waals surface area contributed by atoms with Crippen LogP contribution in [0.2, 0.25) is 0 Å². The van der Waals surface area contributed by atoms with Crippen molar-refractivity contribution in [3.63, 3.8) is 0 Å².